The van der Waals surface area contributed by atoms with E-state index >= 15 is 0 Å². The van der Waals surface area contributed by atoms with Gasteiger partial charge in [-0.1, -0.05) is 46.3 Å². The number of alkyl halides is 1. The van der Waals surface area contributed by atoms with E-state index < -0.39 is 5.91 Å². The lowest BCUT2D eigenvalue weighted by molar-refractivity contribution is 0.0998. The van der Waals surface area contributed by atoms with Crippen molar-refractivity contribution in [3.63, 3.8) is 0 Å². The van der Waals surface area contributed by atoms with Gasteiger partial charge in [0, 0.05) is 11.1 Å². The lowest BCUT2D eigenvalue weighted by Gasteiger charge is -1.99. The standard InChI is InChI=1S/C16H12BrN3O2/c17-8-13(21)9-4-6-10(7-5-9)16-19-12-3-1-2-11(15(18)22)14(12)20-16/h1-7H,8H2,(H2,18,22)(H,19,20). The van der Waals surface area contributed by atoms with Crippen molar-refractivity contribution in [1.29, 1.82) is 0 Å². The molecule has 3 aromatic rings. The minimum absolute atomic E-state index is 0.0205. The first-order valence-electron chi connectivity index (χ1n) is 6.58. The summed E-state index contributed by atoms with van der Waals surface area (Å²) in [7, 11) is 0. The molecule has 22 heavy (non-hydrogen) atoms. The highest BCUT2D eigenvalue weighted by atomic mass is 79.9. The zero-order valence-corrected chi connectivity index (χ0v) is 13.1. The Bertz CT molecular complexity index is 869. The number of amides is 1. The Labute approximate surface area is 134 Å². The highest BCUT2D eigenvalue weighted by molar-refractivity contribution is 9.09. The third-order valence-corrected chi connectivity index (χ3v) is 3.89. The molecule has 0 aliphatic heterocycles. The van der Waals surface area contributed by atoms with Crippen molar-refractivity contribution in [3.05, 3.63) is 53.6 Å². The third-order valence-electron chi connectivity index (χ3n) is 3.38. The van der Waals surface area contributed by atoms with Gasteiger partial charge >= 0.3 is 0 Å². The van der Waals surface area contributed by atoms with Crippen LogP contribution >= 0.6 is 15.9 Å². The number of imidazole rings is 1. The van der Waals surface area contributed by atoms with Gasteiger partial charge in [-0.2, -0.15) is 0 Å². The second-order valence-electron chi connectivity index (χ2n) is 4.79. The zero-order valence-electron chi connectivity index (χ0n) is 11.5. The molecular weight excluding hydrogens is 346 g/mol. The molecule has 1 amide bonds. The number of carbonyl (C=O) groups is 2. The monoisotopic (exact) mass is 357 g/mol. The maximum absolute atomic E-state index is 11.6. The second kappa shape index (κ2) is 5.73. The molecule has 0 aliphatic carbocycles. The quantitative estimate of drug-likeness (QED) is 0.555. The molecule has 6 heteroatoms. The number of ketones is 1. The molecule has 3 rings (SSSR count). The smallest absolute Gasteiger partial charge is 0.250 e. The van der Waals surface area contributed by atoms with E-state index in [0.29, 0.717) is 27.8 Å². The normalized spacial score (nSPS) is 10.8. The molecule has 1 aromatic heterocycles. The molecule has 0 bridgehead atoms. The maximum Gasteiger partial charge on any atom is 0.250 e. The predicted molar refractivity (Wildman–Crippen MR) is 88.2 cm³/mol. The van der Waals surface area contributed by atoms with Crippen LogP contribution in [0.15, 0.2) is 42.5 Å². The minimum Gasteiger partial charge on any atom is -0.366 e. The number of hydrogen-bond acceptors (Lipinski definition) is 3. The molecule has 0 saturated heterocycles. The van der Waals surface area contributed by atoms with Crippen molar-refractivity contribution < 1.29 is 9.59 Å². The number of aromatic nitrogens is 2. The lowest BCUT2D eigenvalue weighted by atomic mass is 10.1. The van der Waals surface area contributed by atoms with Crippen molar-refractivity contribution in [2.45, 2.75) is 0 Å². The highest BCUT2D eigenvalue weighted by Crippen LogP contribution is 2.23. The average molecular weight is 358 g/mol. The largest absolute Gasteiger partial charge is 0.366 e. The van der Waals surface area contributed by atoms with E-state index in [1.165, 1.54) is 0 Å². The van der Waals surface area contributed by atoms with E-state index in [0.717, 1.165) is 11.1 Å². The number of benzene rings is 2. The summed E-state index contributed by atoms with van der Waals surface area (Å²) in [6.45, 7) is 0. The Morgan fingerprint density at radius 3 is 2.50 bits per heavy atom. The van der Waals surface area contributed by atoms with E-state index in [-0.39, 0.29) is 5.78 Å². The molecule has 2 aromatic carbocycles. The molecule has 5 nitrogen and oxygen atoms in total. The summed E-state index contributed by atoms with van der Waals surface area (Å²) >= 11 is 3.15. The summed E-state index contributed by atoms with van der Waals surface area (Å²) in [5.74, 6) is 0.135. The third kappa shape index (κ3) is 2.53. The van der Waals surface area contributed by atoms with E-state index in [9.17, 15) is 9.59 Å². The summed E-state index contributed by atoms with van der Waals surface area (Å²) in [6, 6.07) is 12.4. The first-order valence-corrected chi connectivity index (χ1v) is 7.70. The number of aromatic amines is 1. The topological polar surface area (TPSA) is 88.8 Å². The van der Waals surface area contributed by atoms with E-state index in [1.54, 1.807) is 24.3 Å². The summed E-state index contributed by atoms with van der Waals surface area (Å²) in [6.07, 6.45) is 0. The second-order valence-corrected chi connectivity index (χ2v) is 5.35. The fraction of sp³-hybridized carbons (Fsp3) is 0.0625. The Morgan fingerprint density at radius 2 is 1.86 bits per heavy atom. The van der Waals surface area contributed by atoms with Gasteiger partial charge in [-0.25, -0.2) is 4.98 Å². The maximum atomic E-state index is 11.6. The van der Waals surface area contributed by atoms with Gasteiger partial charge in [0.05, 0.1) is 16.4 Å². The van der Waals surface area contributed by atoms with Crippen LogP contribution in [0.3, 0.4) is 0 Å². The number of rotatable bonds is 4. The van der Waals surface area contributed by atoms with Gasteiger partial charge in [-0.05, 0) is 12.1 Å². The van der Waals surface area contributed by atoms with Crippen LogP contribution in [0.4, 0.5) is 0 Å². The van der Waals surface area contributed by atoms with Gasteiger partial charge in [0.1, 0.15) is 11.3 Å². The number of nitrogens with one attached hydrogen (secondary N) is 1. The Balaban J connectivity index is 2.05. The summed E-state index contributed by atoms with van der Waals surface area (Å²) in [5.41, 5.74) is 8.50. The molecule has 0 saturated carbocycles. The van der Waals surface area contributed by atoms with Gasteiger partial charge in [-0.15, -0.1) is 0 Å². The Kier molecular flexibility index (Phi) is 3.77. The molecule has 110 valence electrons. The van der Waals surface area contributed by atoms with Gasteiger partial charge in [0.2, 0.25) is 0 Å². The van der Waals surface area contributed by atoms with Gasteiger partial charge in [-0.3, -0.25) is 9.59 Å². The minimum atomic E-state index is -0.512. The van der Waals surface area contributed by atoms with Crippen molar-refractivity contribution in [2.75, 3.05) is 5.33 Å². The highest BCUT2D eigenvalue weighted by Gasteiger charge is 2.12. The molecule has 0 atom stereocenters. The SMILES string of the molecule is NC(=O)c1cccc2[nH]c(-c3ccc(C(=O)CBr)cc3)nc12. The number of para-hydroxylation sites is 1. The van der Waals surface area contributed by atoms with Crippen molar-refractivity contribution in [3.8, 4) is 11.4 Å². The number of nitrogens with two attached hydrogens (primary N) is 1. The van der Waals surface area contributed by atoms with Crippen LogP contribution < -0.4 is 5.73 Å². The van der Waals surface area contributed by atoms with Gasteiger partial charge in [0.15, 0.2) is 5.78 Å². The number of H-pyrrole nitrogens is 1. The van der Waals surface area contributed by atoms with Crippen molar-refractivity contribution in [2.24, 2.45) is 5.73 Å². The number of hydrogen-bond donors (Lipinski definition) is 2. The van der Waals surface area contributed by atoms with Crippen molar-refractivity contribution in [1.82, 2.24) is 9.97 Å². The number of halogens is 1. The Hall–Kier alpha value is -2.47. The summed E-state index contributed by atoms with van der Waals surface area (Å²) < 4.78 is 0. The number of primary amides is 1. The van der Waals surface area contributed by atoms with Crippen LogP contribution in [0.2, 0.25) is 0 Å². The van der Waals surface area contributed by atoms with E-state index in [1.807, 2.05) is 18.2 Å². The number of carbonyl (C=O) groups excluding carboxylic acids is 2. The Morgan fingerprint density at radius 1 is 1.14 bits per heavy atom. The van der Waals surface area contributed by atoms with Gasteiger partial charge < -0.3 is 10.7 Å². The number of Topliss-reactive ketones (excluding diaryl/α,β-unsaturated/α-hetero) is 1. The van der Waals surface area contributed by atoms with Crippen LogP contribution in [0.5, 0.6) is 0 Å². The van der Waals surface area contributed by atoms with Gasteiger partial charge in [0.25, 0.3) is 5.91 Å². The van der Waals surface area contributed by atoms with Crippen LogP contribution in [0.25, 0.3) is 22.4 Å². The molecule has 3 N–H and O–H groups in total. The molecule has 0 aliphatic rings. The van der Waals surface area contributed by atoms with Crippen molar-refractivity contribution >= 4 is 38.7 Å². The summed E-state index contributed by atoms with van der Waals surface area (Å²) in [4.78, 5) is 30.6. The lowest BCUT2D eigenvalue weighted by Crippen LogP contribution is -2.11. The van der Waals surface area contributed by atoms with E-state index in [4.69, 9.17) is 5.73 Å². The number of nitrogens with zero attached hydrogens (tertiary/aromatic N) is 1. The van der Waals surface area contributed by atoms with Crippen LogP contribution in [0.1, 0.15) is 20.7 Å². The molecule has 0 spiro atoms. The first-order chi connectivity index (χ1) is 10.6. The molecule has 1 heterocycles. The zero-order chi connectivity index (χ0) is 15.7. The molecule has 0 fully saturated rings. The van der Waals surface area contributed by atoms with Crippen LogP contribution in [-0.2, 0) is 0 Å². The first kappa shape index (κ1) is 14.5. The molecular formula is C16H12BrN3O2. The molecule has 0 unspecified atom stereocenters. The van der Waals surface area contributed by atoms with Crippen LogP contribution in [-0.4, -0.2) is 27.0 Å². The fourth-order valence-corrected chi connectivity index (χ4v) is 2.58. The van der Waals surface area contributed by atoms with Crippen LogP contribution in [0, 0.1) is 0 Å². The van der Waals surface area contributed by atoms with E-state index in [2.05, 4.69) is 25.9 Å². The fourth-order valence-electron chi connectivity index (χ4n) is 2.26. The predicted octanol–water partition coefficient (Wildman–Crippen LogP) is 2.91. The molecule has 0 radical (unpaired) electrons. The number of fused-ring (bicyclic) bond motifs is 1. The summed E-state index contributed by atoms with van der Waals surface area (Å²) in [5, 5.41) is 0.291. The average Bonchev–Trinajstić information content (AvgIpc) is 2.98.